The van der Waals surface area contributed by atoms with Gasteiger partial charge >= 0.3 is 6.09 Å². The molecule has 0 aliphatic carbocycles. The Morgan fingerprint density at radius 3 is 2.89 bits per heavy atom. The summed E-state index contributed by atoms with van der Waals surface area (Å²) in [4.78, 5) is 30.9. The van der Waals surface area contributed by atoms with Gasteiger partial charge in [0, 0.05) is 43.7 Å². The first kappa shape index (κ1) is 21.5. The molecule has 0 saturated carbocycles. The van der Waals surface area contributed by atoms with Gasteiger partial charge in [-0.25, -0.2) is 9.78 Å². The molecule has 2 N–H and O–H groups in total. The van der Waals surface area contributed by atoms with Crippen molar-refractivity contribution in [3.05, 3.63) is 48.0 Å². The maximum Gasteiger partial charge on any atom is 0.404 e. The quantitative estimate of drug-likeness (QED) is 0.471. The van der Waals surface area contributed by atoms with Gasteiger partial charge in [-0.1, -0.05) is 12.1 Å². The van der Waals surface area contributed by atoms with Gasteiger partial charge in [0.15, 0.2) is 5.82 Å². The molecule has 9 nitrogen and oxygen atoms in total. The fraction of sp³-hybridized carbons (Fsp3) is 0.346. The van der Waals surface area contributed by atoms with Crippen LogP contribution in [0.15, 0.2) is 42.5 Å². The van der Waals surface area contributed by atoms with Crippen LogP contribution in [0.1, 0.15) is 29.6 Å². The van der Waals surface area contributed by atoms with Crippen molar-refractivity contribution in [1.82, 2.24) is 24.3 Å². The van der Waals surface area contributed by atoms with Crippen molar-refractivity contribution < 1.29 is 19.4 Å². The molecule has 2 aliphatic heterocycles. The van der Waals surface area contributed by atoms with E-state index in [1.54, 1.807) is 4.90 Å². The van der Waals surface area contributed by atoms with E-state index in [2.05, 4.69) is 26.6 Å². The van der Waals surface area contributed by atoms with Gasteiger partial charge in [-0.05, 0) is 49.6 Å². The first-order valence-corrected chi connectivity index (χ1v) is 12.0. The van der Waals surface area contributed by atoms with Gasteiger partial charge < -0.3 is 29.2 Å². The zero-order chi connectivity index (χ0) is 24.1. The Morgan fingerprint density at radius 2 is 2.03 bits per heavy atom. The number of imidazole rings is 1. The molecule has 35 heavy (non-hydrogen) atoms. The number of fused-ring (bicyclic) bond motifs is 1. The lowest BCUT2D eigenvalue weighted by atomic mass is 10.0. The molecule has 2 aromatic heterocycles. The van der Waals surface area contributed by atoms with Crippen molar-refractivity contribution in [3.8, 4) is 17.3 Å². The third-order valence-electron chi connectivity index (χ3n) is 7.06. The number of amides is 2. The number of carbonyl (C=O) groups is 2. The molecule has 0 spiro atoms. The fourth-order valence-corrected chi connectivity index (χ4v) is 5.43. The van der Waals surface area contributed by atoms with Crippen LogP contribution in [0.2, 0.25) is 0 Å². The minimum atomic E-state index is -1.06. The molecule has 1 atom stereocenters. The topological polar surface area (TPSA) is 102 Å². The maximum atomic E-state index is 13.2. The molecule has 0 bridgehead atoms. The molecule has 4 aromatic rings. The standard InChI is InChI=1S/C26H27N5O4/c1-29-20-9-8-17(25(32)30-10-3-6-18(15-30)27-26(33)34)13-19(20)28-24(29)21-14-16-5-2-7-22-23(16)31(21)11-4-12-35-22/h2,5,7-9,13-14,18,27H,3-4,6,10-12,15H2,1H3,(H,33,34)/t18-/m1/s1. The van der Waals surface area contributed by atoms with E-state index in [-0.39, 0.29) is 11.9 Å². The Kier molecular flexibility index (Phi) is 5.12. The van der Waals surface area contributed by atoms with Gasteiger partial charge in [0.05, 0.1) is 28.9 Å². The molecule has 1 saturated heterocycles. The number of carbonyl (C=O) groups excluding carboxylic acids is 1. The normalized spacial score (nSPS) is 17.9. The molecular weight excluding hydrogens is 446 g/mol. The van der Waals surface area contributed by atoms with Crippen LogP contribution in [-0.4, -0.2) is 61.9 Å². The number of para-hydroxylation sites is 1. The molecule has 2 aromatic carbocycles. The van der Waals surface area contributed by atoms with Crippen molar-refractivity contribution in [3.63, 3.8) is 0 Å². The van der Waals surface area contributed by atoms with Crippen LogP contribution in [0.25, 0.3) is 33.5 Å². The minimum Gasteiger partial charge on any atom is -0.491 e. The highest BCUT2D eigenvalue weighted by Crippen LogP contribution is 2.36. The summed E-state index contributed by atoms with van der Waals surface area (Å²) in [7, 11) is 2.00. The first-order chi connectivity index (χ1) is 17.0. The van der Waals surface area contributed by atoms with E-state index in [4.69, 9.17) is 14.8 Å². The summed E-state index contributed by atoms with van der Waals surface area (Å²) in [6, 6.07) is 13.7. The van der Waals surface area contributed by atoms with Crippen molar-refractivity contribution in [2.45, 2.75) is 31.8 Å². The van der Waals surface area contributed by atoms with Crippen LogP contribution >= 0.6 is 0 Å². The monoisotopic (exact) mass is 473 g/mol. The van der Waals surface area contributed by atoms with Crippen LogP contribution in [-0.2, 0) is 13.6 Å². The van der Waals surface area contributed by atoms with Gasteiger partial charge in [-0.2, -0.15) is 0 Å². The zero-order valence-corrected chi connectivity index (χ0v) is 19.5. The molecule has 0 radical (unpaired) electrons. The number of ether oxygens (including phenoxy) is 1. The van der Waals surface area contributed by atoms with Gasteiger partial charge in [0.2, 0.25) is 0 Å². The van der Waals surface area contributed by atoms with Crippen LogP contribution < -0.4 is 10.1 Å². The van der Waals surface area contributed by atoms with Crippen molar-refractivity contribution in [2.24, 2.45) is 7.05 Å². The number of likely N-dealkylation sites (tertiary alicyclic amines) is 1. The number of hydrogen-bond donors (Lipinski definition) is 2. The molecular formula is C26H27N5O4. The molecule has 2 aliphatic rings. The predicted octanol–water partition coefficient (Wildman–Crippen LogP) is 3.85. The highest BCUT2D eigenvalue weighted by Gasteiger charge is 2.26. The number of piperidine rings is 1. The molecule has 4 heterocycles. The zero-order valence-electron chi connectivity index (χ0n) is 19.5. The Balaban J connectivity index is 1.36. The van der Waals surface area contributed by atoms with E-state index in [1.165, 1.54) is 0 Å². The van der Waals surface area contributed by atoms with Crippen LogP contribution in [0, 0.1) is 0 Å². The van der Waals surface area contributed by atoms with Crippen molar-refractivity contribution in [2.75, 3.05) is 19.7 Å². The Hall–Kier alpha value is -4.01. The summed E-state index contributed by atoms with van der Waals surface area (Å²) in [5, 5.41) is 12.7. The van der Waals surface area contributed by atoms with E-state index in [0.29, 0.717) is 25.3 Å². The van der Waals surface area contributed by atoms with Gasteiger partial charge in [-0.15, -0.1) is 0 Å². The van der Waals surface area contributed by atoms with E-state index >= 15 is 0 Å². The third-order valence-corrected chi connectivity index (χ3v) is 7.06. The Morgan fingerprint density at radius 1 is 1.14 bits per heavy atom. The Labute approximate surface area is 201 Å². The van der Waals surface area contributed by atoms with Gasteiger partial charge in [0.25, 0.3) is 5.91 Å². The second kappa shape index (κ2) is 8.33. The lowest BCUT2D eigenvalue weighted by Gasteiger charge is -2.32. The molecule has 1 fully saturated rings. The SMILES string of the molecule is Cn1c(-c2cc3cccc4c3n2CCCO4)nc2cc(C(=O)N3CCC[C@@H](NC(=O)O)C3)ccc21. The smallest absolute Gasteiger partial charge is 0.404 e. The highest BCUT2D eigenvalue weighted by atomic mass is 16.5. The molecule has 2 amide bonds. The number of nitrogens with zero attached hydrogens (tertiary/aromatic N) is 4. The van der Waals surface area contributed by atoms with E-state index in [9.17, 15) is 9.59 Å². The number of aromatic nitrogens is 3. The summed E-state index contributed by atoms with van der Waals surface area (Å²) >= 11 is 0. The summed E-state index contributed by atoms with van der Waals surface area (Å²) < 4.78 is 10.3. The van der Waals surface area contributed by atoms with Gasteiger partial charge in [0.1, 0.15) is 5.75 Å². The second-order valence-electron chi connectivity index (χ2n) is 9.31. The lowest BCUT2D eigenvalue weighted by Crippen LogP contribution is -2.49. The number of aryl methyl sites for hydroxylation is 2. The lowest BCUT2D eigenvalue weighted by molar-refractivity contribution is 0.0692. The Bertz CT molecular complexity index is 1470. The summed E-state index contributed by atoms with van der Waals surface area (Å²) in [5.74, 6) is 1.64. The molecule has 180 valence electrons. The predicted molar refractivity (Wildman–Crippen MR) is 132 cm³/mol. The molecule has 0 unspecified atom stereocenters. The number of nitrogens with one attached hydrogen (secondary N) is 1. The van der Waals surface area contributed by atoms with Crippen LogP contribution in [0.3, 0.4) is 0 Å². The summed E-state index contributed by atoms with van der Waals surface area (Å²) in [5.41, 5.74) is 4.39. The number of hydrogen-bond acceptors (Lipinski definition) is 4. The van der Waals surface area contributed by atoms with Gasteiger partial charge in [-0.3, -0.25) is 4.79 Å². The number of rotatable bonds is 3. The second-order valence-corrected chi connectivity index (χ2v) is 9.31. The minimum absolute atomic E-state index is 0.0993. The van der Waals surface area contributed by atoms with E-state index in [0.717, 1.165) is 65.0 Å². The van der Waals surface area contributed by atoms with Crippen LogP contribution in [0.4, 0.5) is 4.79 Å². The number of benzene rings is 2. The van der Waals surface area contributed by atoms with E-state index in [1.807, 2.05) is 37.4 Å². The fourth-order valence-electron chi connectivity index (χ4n) is 5.43. The van der Waals surface area contributed by atoms with E-state index < -0.39 is 6.09 Å². The van der Waals surface area contributed by atoms with Crippen molar-refractivity contribution in [1.29, 1.82) is 0 Å². The third kappa shape index (κ3) is 3.67. The molecule has 9 heteroatoms. The average molecular weight is 474 g/mol. The summed E-state index contributed by atoms with van der Waals surface area (Å²) in [6.07, 6.45) is 1.36. The molecule has 6 rings (SSSR count). The number of carboxylic acid groups (broad SMARTS) is 1. The van der Waals surface area contributed by atoms with Crippen LogP contribution in [0.5, 0.6) is 5.75 Å². The average Bonchev–Trinajstić information content (AvgIpc) is 3.29. The van der Waals surface area contributed by atoms with Crippen molar-refractivity contribution >= 4 is 33.9 Å². The summed E-state index contributed by atoms with van der Waals surface area (Å²) in [6.45, 7) is 2.53. The largest absolute Gasteiger partial charge is 0.491 e. The highest BCUT2D eigenvalue weighted by molar-refractivity contribution is 5.98. The first-order valence-electron chi connectivity index (χ1n) is 12.0. The maximum absolute atomic E-state index is 13.2.